The van der Waals surface area contributed by atoms with Crippen LogP contribution in [-0.2, 0) is 4.79 Å². The van der Waals surface area contributed by atoms with Crippen LogP contribution in [0.2, 0.25) is 5.02 Å². The summed E-state index contributed by atoms with van der Waals surface area (Å²) in [5, 5.41) is 3.34. The maximum Gasteiger partial charge on any atom is 0.248 e. The third-order valence-corrected chi connectivity index (χ3v) is 5.19. The first-order valence-electron chi connectivity index (χ1n) is 9.83. The van der Waals surface area contributed by atoms with E-state index in [1.807, 2.05) is 48.7 Å². The molecule has 1 amide bonds. The number of rotatable bonds is 5. The van der Waals surface area contributed by atoms with Crippen molar-refractivity contribution in [3.05, 3.63) is 88.7 Å². The molecule has 0 fully saturated rings. The number of hydrogen-bond donors (Lipinski definition) is 1. The zero-order valence-electron chi connectivity index (χ0n) is 17.5. The second-order valence-electron chi connectivity index (χ2n) is 7.31. The highest BCUT2D eigenvalue weighted by Crippen LogP contribution is 2.29. The molecule has 0 saturated heterocycles. The number of aryl methyl sites for hydroxylation is 2. The van der Waals surface area contributed by atoms with Crippen molar-refractivity contribution in [2.75, 3.05) is 12.4 Å². The van der Waals surface area contributed by atoms with Crippen LogP contribution in [0, 0.1) is 13.8 Å². The molecule has 0 bridgehead atoms. The van der Waals surface area contributed by atoms with Crippen molar-refractivity contribution in [3.8, 4) is 17.0 Å². The summed E-state index contributed by atoms with van der Waals surface area (Å²) < 4.78 is 7.27. The number of imidazole rings is 1. The minimum absolute atomic E-state index is 0.294. The molecule has 0 aliphatic heterocycles. The van der Waals surface area contributed by atoms with Gasteiger partial charge in [0, 0.05) is 22.9 Å². The van der Waals surface area contributed by atoms with Crippen molar-refractivity contribution in [2.24, 2.45) is 0 Å². The average Bonchev–Trinajstić information content (AvgIpc) is 3.10. The van der Waals surface area contributed by atoms with E-state index in [0.717, 1.165) is 28.2 Å². The highest BCUT2D eigenvalue weighted by atomic mass is 35.5. The summed E-state index contributed by atoms with van der Waals surface area (Å²) in [6, 6.07) is 17.3. The SMILES string of the molecule is COc1ccc(Cl)cc1NC(=O)/C=C/c1c(-c2ccc(C)cc2)nc2cc(C)ccn12. The number of nitrogens with one attached hydrogen (secondary N) is 1. The van der Waals surface area contributed by atoms with Gasteiger partial charge in [-0.3, -0.25) is 9.20 Å². The maximum atomic E-state index is 12.6. The fourth-order valence-corrected chi connectivity index (χ4v) is 3.53. The van der Waals surface area contributed by atoms with Gasteiger partial charge in [-0.25, -0.2) is 4.98 Å². The van der Waals surface area contributed by atoms with Gasteiger partial charge >= 0.3 is 0 Å². The number of fused-ring (bicyclic) bond motifs is 1. The van der Waals surface area contributed by atoms with Crippen molar-refractivity contribution >= 4 is 34.9 Å². The molecule has 4 rings (SSSR count). The van der Waals surface area contributed by atoms with Crippen LogP contribution in [0.4, 0.5) is 5.69 Å². The van der Waals surface area contributed by atoms with Gasteiger partial charge in [0.25, 0.3) is 0 Å². The van der Waals surface area contributed by atoms with Crippen LogP contribution in [-0.4, -0.2) is 22.4 Å². The van der Waals surface area contributed by atoms with Crippen molar-refractivity contribution in [1.82, 2.24) is 9.38 Å². The van der Waals surface area contributed by atoms with Crippen LogP contribution in [0.15, 0.2) is 66.9 Å². The molecule has 0 unspecified atom stereocenters. The van der Waals surface area contributed by atoms with Gasteiger partial charge in [-0.2, -0.15) is 0 Å². The number of nitrogens with zero attached hydrogens (tertiary/aromatic N) is 2. The standard InChI is InChI=1S/C25H22ClN3O2/c1-16-4-6-18(7-5-16)25-21(29-13-12-17(2)14-23(29)28-25)9-11-24(30)27-20-15-19(26)8-10-22(20)31-3/h4-15H,1-3H3,(H,27,30)/b11-9+. The molecule has 5 nitrogen and oxygen atoms in total. The van der Waals surface area contributed by atoms with E-state index in [2.05, 4.69) is 17.4 Å². The number of benzene rings is 2. The highest BCUT2D eigenvalue weighted by molar-refractivity contribution is 6.31. The molecular formula is C25H22ClN3O2. The number of methoxy groups -OCH3 is 1. The molecular weight excluding hydrogens is 410 g/mol. The molecule has 6 heteroatoms. The zero-order valence-corrected chi connectivity index (χ0v) is 18.3. The first-order chi connectivity index (χ1) is 14.9. The maximum absolute atomic E-state index is 12.6. The Hall–Kier alpha value is -3.57. The number of hydrogen-bond acceptors (Lipinski definition) is 3. The first-order valence-corrected chi connectivity index (χ1v) is 10.2. The number of pyridine rings is 1. The Morgan fingerprint density at radius 1 is 1.06 bits per heavy atom. The third kappa shape index (κ3) is 4.47. The van der Waals surface area contributed by atoms with Crippen molar-refractivity contribution in [1.29, 1.82) is 0 Å². The van der Waals surface area contributed by atoms with E-state index in [4.69, 9.17) is 21.3 Å². The number of halogens is 1. The van der Waals surface area contributed by atoms with Gasteiger partial charge in [-0.1, -0.05) is 41.4 Å². The fraction of sp³-hybridized carbons (Fsp3) is 0.120. The molecule has 0 aliphatic carbocycles. The van der Waals surface area contributed by atoms with Crippen LogP contribution >= 0.6 is 11.6 Å². The van der Waals surface area contributed by atoms with Crippen molar-refractivity contribution in [2.45, 2.75) is 13.8 Å². The van der Waals surface area contributed by atoms with Gasteiger partial charge in [0.1, 0.15) is 11.4 Å². The summed E-state index contributed by atoms with van der Waals surface area (Å²) >= 11 is 6.06. The summed E-state index contributed by atoms with van der Waals surface area (Å²) in [7, 11) is 1.54. The highest BCUT2D eigenvalue weighted by Gasteiger charge is 2.13. The molecule has 2 aromatic heterocycles. The second-order valence-corrected chi connectivity index (χ2v) is 7.75. The lowest BCUT2D eigenvalue weighted by molar-refractivity contribution is -0.111. The predicted octanol–water partition coefficient (Wildman–Crippen LogP) is 5.93. The van der Waals surface area contributed by atoms with Gasteiger partial charge in [0.05, 0.1) is 24.2 Å². The number of anilines is 1. The van der Waals surface area contributed by atoms with Gasteiger partial charge in [-0.05, 0) is 55.8 Å². The first kappa shape index (κ1) is 20.7. The van der Waals surface area contributed by atoms with E-state index in [0.29, 0.717) is 16.5 Å². The number of carbonyl (C=O) groups is 1. The normalized spacial score (nSPS) is 11.2. The average molecular weight is 432 g/mol. The molecule has 0 saturated carbocycles. The van der Waals surface area contributed by atoms with E-state index in [1.54, 1.807) is 31.4 Å². The van der Waals surface area contributed by atoms with E-state index < -0.39 is 0 Å². The lowest BCUT2D eigenvalue weighted by Gasteiger charge is -2.09. The lowest BCUT2D eigenvalue weighted by atomic mass is 10.1. The Morgan fingerprint density at radius 2 is 1.84 bits per heavy atom. The predicted molar refractivity (Wildman–Crippen MR) is 126 cm³/mol. The number of ether oxygens (including phenoxy) is 1. The topological polar surface area (TPSA) is 55.6 Å². The molecule has 0 spiro atoms. The van der Waals surface area contributed by atoms with Crippen LogP contribution in [0.25, 0.3) is 23.0 Å². The molecule has 2 heterocycles. The summed E-state index contributed by atoms with van der Waals surface area (Å²) in [5.41, 5.74) is 6.26. The smallest absolute Gasteiger partial charge is 0.248 e. The Kier molecular flexibility index (Phi) is 5.78. The minimum atomic E-state index is -0.294. The summed E-state index contributed by atoms with van der Waals surface area (Å²) in [6.07, 6.45) is 5.23. The van der Waals surface area contributed by atoms with E-state index in [1.165, 1.54) is 11.6 Å². The lowest BCUT2D eigenvalue weighted by Crippen LogP contribution is -2.09. The number of aromatic nitrogens is 2. The van der Waals surface area contributed by atoms with Crippen molar-refractivity contribution < 1.29 is 9.53 Å². The largest absolute Gasteiger partial charge is 0.495 e. The minimum Gasteiger partial charge on any atom is -0.495 e. The Balaban J connectivity index is 1.71. The Labute approximate surface area is 186 Å². The third-order valence-electron chi connectivity index (χ3n) is 4.96. The van der Waals surface area contributed by atoms with Gasteiger partial charge in [-0.15, -0.1) is 0 Å². The van der Waals surface area contributed by atoms with Gasteiger partial charge in [0.2, 0.25) is 5.91 Å². The number of carbonyl (C=O) groups excluding carboxylic acids is 1. The summed E-state index contributed by atoms with van der Waals surface area (Å²) in [4.78, 5) is 17.5. The van der Waals surface area contributed by atoms with E-state index in [-0.39, 0.29) is 5.91 Å². The van der Waals surface area contributed by atoms with Gasteiger partial charge in [0.15, 0.2) is 0 Å². The monoisotopic (exact) mass is 431 g/mol. The molecule has 31 heavy (non-hydrogen) atoms. The molecule has 0 aliphatic rings. The molecule has 0 atom stereocenters. The van der Waals surface area contributed by atoms with E-state index >= 15 is 0 Å². The fourth-order valence-electron chi connectivity index (χ4n) is 3.36. The molecule has 156 valence electrons. The van der Waals surface area contributed by atoms with Gasteiger partial charge < -0.3 is 10.1 Å². The van der Waals surface area contributed by atoms with Crippen LogP contribution in [0.3, 0.4) is 0 Å². The zero-order chi connectivity index (χ0) is 22.0. The van der Waals surface area contributed by atoms with Crippen molar-refractivity contribution in [3.63, 3.8) is 0 Å². The number of amides is 1. The second kappa shape index (κ2) is 8.66. The molecule has 2 aromatic carbocycles. The Morgan fingerprint density at radius 3 is 2.58 bits per heavy atom. The summed E-state index contributed by atoms with van der Waals surface area (Å²) in [5.74, 6) is 0.245. The quantitative estimate of drug-likeness (QED) is 0.398. The van der Waals surface area contributed by atoms with Crippen LogP contribution in [0.5, 0.6) is 5.75 Å². The summed E-state index contributed by atoms with van der Waals surface area (Å²) in [6.45, 7) is 4.08. The van der Waals surface area contributed by atoms with E-state index in [9.17, 15) is 4.79 Å². The molecule has 4 aromatic rings. The molecule has 1 N–H and O–H groups in total. The Bertz CT molecular complexity index is 1290. The molecule has 0 radical (unpaired) electrons. The van der Waals surface area contributed by atoms with Crippen LogP contribution < -0.4 is 10.1 Å². The van der Waals surface area contributed by atoms with Crippen LogP contribution in [0.1, 0.15) is 16.8 Å².